The Morgan fingerprint density at radius 1 is 1.16 bits per heavy atom. The highest BCUT2D eigenvalue weighted by molar-refractivity contribution is 6.47. The molecular formula is C31H39ClN2O3. The molecule has 0 radical (unpaired) electrons. The Labute approximate surface area is 225 Å². The standard InChI is InChI=1S/C31H39ClN2O3/c1-6-7-8-26(21-9-11-22(12-10-21)29(36)37)34-28(35)27(23-17-20(2)18-25(32)19-23)33-31(34)15-13-24(14-16-31)30(3,4)5/h9-12,17-19,24,26H,6-8,13-16H2,1-5H3,(H,36,37)/t24?,26-,31?/m1/s1. The molecule has 1 aliphatic heterocycles. The summed E-state index contributed by atoms with van der Waals surface area (Å²) in [5.41, 5.74) is 3.07. The summed E-state index contributed by atoms with van der Waals surface area (Å²) >= 11 is 6.40. The molecule has 37 heavy (non-hydrogen) atoms. The number of unbranched alkanes of at least 4 members (excludes halogenated alkanes) is 1. The average molecular weight is 523 g/mol. The first-order valence-electron chi connectivity index (χ1n) is 13.5. The largest absolute Gasteiger partial charge is 0.478 e. The highest BCUT2D eigenvalue weighted by Crippen LogP contribution is 2.50. The summed E-state index contributed by atoms with van der Waals surface area (Å²) in [7, 11) is 0. The molecular weight excluding hydrogens is 484 g/mol. The van der Waals surface area contributed by atoms with Gasteiger partial charge in [-0.3, -0.25) is 9.79 Å². The van der Waals surface area contributed by atoms with E-state index in [4.69, 9.17) is 16.6 Å². The minimum absolute atomic E-state index is 0.0562. The Morgan fingerprint density at radius 2 is 1.81 bits per heavy atom. The number of aliphatic imine (C=N–C) groups is 1. The monoisotopic (exact) mass is 522 g/mol. The zero-order valence-electron chi connectivity index (χ0n) is 22.7. The summed E-state index contributed by atoms with van der Waals surface area (Å²) < 4.78 is 0. The van der Waals surface area contributed by atoms with Crippen LogP contribution in [0, 0.1) is 18.3 Å². The topological polar surface area (TPSA) is 70.0 Å². The maximum absolute atomic E-state index is 14.3. The first kappa shape index (κ1) is 27.4. The molecule has 1 saturated carbocycles. The highest BCUT2D eigenvalue weighted by atomic mass is 35.5. The second-order valence-electron chi connectivity index (χ2n) is 11.9. The van der Waals surface area contributed by atoms with Crippen molar-refractivity contribution in [2.45, 2.75) is 91.3 Å². The van der Waals surface area contributed by atoms with Crippen LogP contribution in [0.3, 0.4) is 0 Å². The Bertz CT molecular complexity index is 1170. The Hall–Kier alpha value is -2.66. The molecule has 1 amide bonds. The van der Waals surface area contributed by atoms with Gasteiger partial charge in [-0.1, -0.05) is 64.3 Å². The molecule has 1 aliphatic carbocycles. The third-order valence-electron chi connectivity index (χ3n) is 8.20. The number of nitrogens with zero attached hydrogens (tertiary/aromatic N) is 2. The van der Waals surface area contributed by atoms with Crippen molar-refractivity contribution in [2.75, 3.05) is 0 Å². The van der Waals surface area contributed by atoms with E-state index in [1.54, 1.807) is 12.1 Å². The second kappa shape index (κ2) is 10.6. The van der Waals surface area contributed by atoms with Crippen LogP contribution in [-0.4, -0.2) is 33.3 Å². The van der Waals surface area contributed by atoms with Gasteiger partial charge in [-0.05, 0) is 91.8 Å². The van der Waals surface area contributed by atoms with Crippen molar-refractivity contribution in [3.63, 3.8) is 0 Å². The van der Waals surface area contributed by atoms with Crippen LogP contribution in [0.25, 0.3) is 0 Å². The maximum Gasteiger partial charge on any atom is 0.335 e. The van der Waals surface area contributed by atoms with Gasteiger partial charge in [-0.2, -0.15) is 0 Å². The first-order valence-corrected chi connectivity index (χ1v) is 13.9. The number of halogens is 1. The lowest BCUT2D eigenvalue weighted by atomic mass is 9.69. The van der Waals surface area contributed by atoms with Gasteiger partial charge in [0.1, 0.15) is 11.4 Å². The van der Waals surface area contributed by atoms with Crippen LogP contribution >= 0.6 is 11.6 Å². The molecule has 0 bridgehead atoms. The second-order valence-corrected chi connectivity index (χ2v) is 12.3. The summed E-state index contributed by atoms with van der Waals surface area (Å²) in [5, 5.41) is 10.0. The fraction of sp³-hybridized carbons (Fsp3) is 0.516. The van der Waals surface area contributed by atoms with Crippen molar-refractivity contribution in [1.29, 1.82) is 0 Å². The van der Waals surface area contributed by atoms with Crippen molar-refractivity contribution in [2.24, 2.45) is 16.3 Å². The molecule has 0 aromatic heterocycles. The molecule has 1 N–H and O–H groups in total. The van der Waals surface area contributed by atoms with Gasteiger partial charge in [0.15, 0.2) is 0 Å². The lowest BCUT2D eigenvalue weighted by Crippen LogP contribution is -2.51. The fourth-order valence-corrected chi connectivity index (χ4v) is 6.38. The van der Waals surface area contributed by atoms with E-state index in [1.807, 2.05) is 42.2 Å². The van der Waals surface area contributed by atoms with Gasteiger partial charge >= 0.3 is 5.97 Å². The van der Waals surface area contributed by atoms with Crippen molar-refractivity contribution >= 4 is 29.2 Å². The minimum atomic E-state index is -0.951. The molecule has 1 spiro atoms. The fourth-order valence-electron chi connectivity index (χ4n) is 6.09. The number of hydrogen-bond acceptors (Lipinski definition) is 3. The van der Waals surface area contributed by atoms with Gasteiger partial charge in [0.05, 0.1) is 11.6 Å². The maximum atomic E-state index is 14.3. The predicted octanol–water partition coefficient (Wildman–Crippen LogP) is 7.84. The number of amides is 1. The summed E-state index contributed by atoms with van der Waals surface area (Å²) in [4.78, 5) is 33.1. The van der Waals surface area contributed by atoms with Crippen LogP contribution in [0.1, 0.15) is 106 Å². The molecule has 1 atom stereocenters. The van der Waals surface area contributed by atoms with Gasteiger partial charge in [0, 0.05) is 10.6 Å². The third kappa shape index (κ3) is 5.62. The number of benzene rings is 2. The van der Waals surface area contributed by atoms with Crippen LogP contribution in [-0.2, 0) is 4.79 Å². The van der Waals surface area contributed by atoms with Crippen LogP contribution in [0.5, 0.6) is 0 Å². The number of aryl methyl sites for hydroxylation is 1. The van der Waals surface area contributed by atoms with Crippen LogP contribution in [0.2, 0.25) is 5.02 Å². The minimum Gasteiger partial charge on any atom is -0.478 e. The molecule has 1 fully saturated rings. The Balaban J connectivity index is 1.80. The number of carbonyl (C=O) groups is 2. The van der Waals surface area contributed by atoms with Crippen molar-refractivity contribution in [1.82, 2.24) is 4.90 Å². The zero-order chi connectivity index (χ0) is 27.0. The highest BCUT2D eigenvalue weighted by Gasteiger charge is 2.52. The van der Waals surface area contributed by atoms with Gasteiger partial charge in [-0.25, -0.2) is 4.79 Å². The van der Waals surface area contributed by atoms with Crippen LogP contribution < -0.4 is 0 Å². The average Bonchev–Trinajstić information content (AvgIpc) is 3.10. The van der Waals surface area contributed by atoms with E-state index in [2.05, 4.69) is 27.7 Å². The predicted molar refractivity (Wildman–Crippen MR) is 149 cm³/mol. The molecule has 5 nitrogen and oxygen atoms in total. The lowest BCUT2D eigenvalue weighted by molar-refractivity contribution is -0.133. The molecule has 1 heterocycles. The van der Waals surface area contributed by atoms with E-state index >= 15 is 0 Å². The number of aromatic carboxylic acids is 1. The Kier molecular flexibility index (Phi) is 7.85. The normalized spacial score (nSPS) is 22.9. The van der Waals surface area contributed by atoms with E-state index in [-0.39, 0.29) is 22.9 Å². The van der Waals surface area contributed by atoms with E-state index in [9.17, 15) is 14.7 Å². The van der Waals surface area contributed by atoms with Crippen molar-refractivity contribution in [3.05, 3.63) is 69.7 Å². The van der Waals surface area contributed by atoms with Crippen LogP contribution in [0.15, 0.2) is 47.5 Å². The quantitative estimate of drug-likeness (QED) is 0.402. The van der Waals surface area contributed by atoms with Gasteiger partial charge < -0.3 is 10.0 Å². The lowest BCUT2D eigenvalue weighted by Gasteiger charge is -2.47. The molecule has 0 saturated heterocycles. The van der Waals surface area contributed by atoms with Crippen LogP contribution in [0.4, 0.5) is 0 Å². The number of hydrogen-bond donors (Lipinski definition) is 1. The van der Waals surface area contributed by atoms with E-state index in [0.29, 0.717) is 16.7 Å². The zero-order valence-corrected chi connectivity index (χ0v) is 23.4. The van der Waals surface area contributed by atoms with Gasteiger partial charge in [-0.15, -0.1) is 0 Å². The van der Waals surface area contributed by atoms with Crippen molar-refractivity contribution in [3.8, 4) is 0 Å². The molecule has 198 valence electrons. The van der Waals surface area contributed by atoms with Gasteiger partial charge in [0.25, 0.3) is 5.91 Å². The smallest absolute Gasteiger partial charge is 0.335 e. The summed E-state index contributed by atoms with van der Waals surface area (Å²) in [6, 6.07) is 12.6. The third-order valence-corrected chi connectivity index (χ3v) is 8.42. The number of carboxylic acids is 1. The molecule has 2 aromatic rings. The first-order chi connectivity index (χ1) is 17.4. The number of carboxylic acid groups (broad SMARTS) is 1. The number of rotatable bonds is 7. The van der Waals surface area contributed by atoms with Gasteiger partial charge in [0.2, 0.25) is 0 Å². The Morgan fingerprint density at radius 3 is 2.35 bits per heavy atom. The van der Waals surface area contributed by atoms with Crippen molar-refractivity contribution < 1.29 is 14.7 Å². The summed E-state index contributed by atoms with van der Waals surface area (Å²) in [5.74, 6) is -0.432. The molecule has 6 heteroatoms. The van der Waals surface area contributed by atoms with E-state index in [1.165, 1.54) is 0 Å². The summed E-state index contributed by atoms with van der Waals surface area (Å²) in [6.45, 7) is 11.0. The molecule has 0 unspecified atom stereocenters. The summed E-state index contributed by atoms with van der Waals surface area (Å²) in [6.07, 6.45) is 6.43. The molecule has 2 aliphatic rings. The van der Waals surface area contributed by atoms with E-state index in [0.717, 1.165) is 61.6 Å². The van der Waals surface area contributed by atoms with E-state index < -0.39 is 11.6 Å². The molecule has 2 aromatic carbocycles. The molecule has 4 rings (SSSR count). The number of carbonyl (C=O) groups excluding carboxylic acids is 1. The SMILES string of the molecule is CCCC[C@H](c1ccc(C(=O)O)cc1)N1C(=O)C(c2cc(C)cc(Cl)c2)=NC12CCC(C(C)(C)C)CC2.